The number of ketones is 1. The Morgan fingerprint density at radius 1 is 1.00 bits per heavy atom. The van der Waals surface area contributed by atoms with Crippen LogP contribution in [0.4, 0.5) is 0 Å². The number of rotatable bonds is 8. The number of Topliss-reactive ketones (excluding diaryl/α,β-unsaturated/α-hetero) is 1. The van der Waals surface area contributed by atoms with E-state index in [2.05, 4.69) is 49.8 Å². The summed E-state index contributed by atoms with van der Waals surface area (Å²) < 4.78 is 10.6. The molecule has 0 amide bonds. The highest BCUT2D eigenvalue weighted by atomic mass is 79.9. The molecule has 23 heavy (non-hydrogen) atoms. The van der Waals surface area contributed by atoms with Crippen LogP contribution in [0.25, 0.3) is 0 Å². The second-order valence-electron chi connectivity index (χ2n) is 8.56. The smallest absolute Gasteiger partial charge is 0.311 e. The molecule has 0 aliphatic heterocycles. The summed E-state index contributed by atoms with van der Waals surface area (Å²) in [6, 6.07) is 0. The summed E-state index contributed by atoms with van der Waals surface area (Å²) in [5, 5.41) is 0.134. The zero-order valence-corrected chi connectivity index (χ0v) is 18.7. The monoisotopic (exact) mass is 408 g/mol. The van der Waals surface area contributed by atoms with Crippen molar-refractivity contribution >= 4 is 36.0 Å². The van der Waals surface area contributed by atoms with E-state index in [1.807, 2.05) is 0 Å². The summed E-state index contributed by atoms with van der Waals surface area (Å²) in [5.41, 5.74) is -0.735. The molecule has 0 aromatic rings. The van der Waals surface area contributed by atoms with Gasteiger partial charge in [-0.1, -0.05) is 36.7 Å². The second-order valence-corrected chi connectivity index (χ2v) is 15.1. The largest absolute Gasteiger partial charge is 0.463 e. The topological polar surface area (TPSA) is 52.6 Å². The van der Waals surface area contributed by atoms with E-state index in [1.54, 1.807) is 20.8 Å². The maximum absolute atomic E-state index is 12.3. The molecule has 4 nitrogen and oxygen atoms in total. The van der Waals surface area contributed by atoms with Gasteiger partial charge in [0.15, 0.2) is 8.32 Å². The summed E-state index contributed by atoms with van der Waals surface area (Å²) in [4.78, 5) is 23.9. The Labute approximate surface area is 151 Å². The normalized spacial score (nSPS) is 15.9. The van der Waals surface area contributed by atoms with E-state index < -0.39 is 18.1 Å². The van der Waals surface area contributed by atoms with E-state index in [-0.39, 0.29) is 23.4 Å². The van der Waals surface area contributed by atoms with E-state index in [0.717, 1.165) is 0 Å². The van der Waals surface area contributed by atoms with Gasteiger partial charge in [-0.3, -0.25) is 9.59 Å². The van der Waals surface area contributed by atoms with Crippen molar-refractivity contribution in [3.05, 3.63) is 0 Å². The van der Waals surface area contributed by atoms with E-state index in [4.69, 9.17) is 9.16 Å². The molecule has 0 aromatic carbocycles. The van der Waals surface area contributed by atoms with Crippen LogP contribution in [0.15, 0.2) is 0 Å². The maximum Gasteiger partial charge on any atom is 0.311 e. The molecule has 0 fully saturated rings. The van der Waals surface area contributed by atoms with Crippen molar-refractivity contribution in [3.63, 3.8) is 0 Å². The molecule has 0 saturated carbocycles. The Morgan fingerprint density at radius 2 is 1.48 bits per heavy atom. The van der Waals surface area contributed by atoms with Crippen LogP contribution in [0.5, 0.6) is 0 Å². The maximum atomic E-state index is 12.3. The Hall–Kier alpha value is -0.203. The molecule has 0 aromatic heterocycles. The van der Waals surface area contributed by atoms with Gasteiger partial charge in [0.1, 0.15) is 12.4 Å². The SMILES string of the molecule is CC(=O)C(C)(Br)CC(C)(C)C(=O)OCCO[Si](C)(C)C(C)(C)C. The molecule has 6 heteroatoms. The number of halogens is 1. The van der Waals surface area contributed by atoms with Crippen LogP contribution in [-0.4, -0.2) is 37.6 Å². The zero-order valence-electron chi connectivity index (χ0n) is 16.1. The molecular weight excluding hydrogens is 376 g/mol. The second kappa shape index (κ2) is 7.79. The minimum absolute atomic E-state index is 0.000338. The molecule has 0 radical (unpaired) electrons. The van der Waals surface area contributed by atoms with Crippen LogP contribution >= 0.6 is 15.9 Å². The lowest BCUT2D eigenvalue weighted by Crippen LogP contribution is -2.42. The molecule has 0 heterocycles. The number of ether oxygens (including phenoxy) is 1. The molecule has 1 atom stereocenters. The standard InChI is InChI=1S/C17H33BrO4Si/c1-13(19)17(7,18)12-16(5,6)14(20)21-10-11-22-23(8,9)15(2,3)4/h10-12H2,1-9H3. The fraction of sp³-hybridized carbons (Fsp3) is 0.882. The highest BCUT2D eigenvalue weighted by Crippen LogP contribution is 2.37. The summed E-state index contributed by atoms with van der Waals surface area (Å²) in [5.74, 6) is -0.303. The van der Waals surface area contributed by atoms with Gasteiger partial charge in [0, 0.05) is 0 Å². The average Bonchev–Trinajstić information content (AvgIpc) is 2.31. The van der Waals surface area contributed by atoms with Crippen LogP contribution in [0.2, 0.25) is 18.1 Å². The fourth-order valence-electron chi connectivity index (χ4n) is 1.87. The van der Waals surface area contributed by atoms with Crippen molar-refractivity contribution in [2.45, 2.75) is 77.3 Å². The van der Waals surface area contributed by atoms with Crippen LogP contribution in [-0.2, 0) is 18.8 Å². The third-order valence-corrected chi connectivity index (χ3v) is 10.0. The fourth-order valence-corrected chi connectivity index (χ4v) is 3.60. The van der Waals surface area contributed by atoms with E-state index in [9.17, 15) is 9.59 Å². The Morgan fingerprint density at radius 3 is 1.87 bits per heavy atom. The van der Waals surface area contributed by atoms with Crippen LogP contribution in [0.1, 0.15) is 54.9 Å². The molecule has 0 N–H and O–H groups in total. The molecule has 0 spiro atoms. The van der Waals surface area contributed by atoms with E-state index in [1.165, 1.54) is 6.92 Å². The number of esters is 1. The van der Waals surface area contributed by atoms with Crippen molar-refractivity contribution < 1.29 is 18.8 Å². The van der Waals surface area contributed by atoms with Gasteiger partial charge < -0.3 is 9.16 Å². The first-order chi connectivity index (χ1) is 10.0. The first-order valence-corrected chi connectivity index (χ1v) is 11.7. The van der Waals surface area contributed by atoms with Crippen LogP contribution in [0.3, 0.4) is 0 Å². The van der Waals surface area contributed by atoms with E-state index >= 15 is 0 Å². The van der Waals surface area contributed by atoms with Gasteiger partial charge >= 0.3 is 5.97 Å². The Balaban J connectivity index is 4.48. The molecule has 0 rings (SSSR count). The lowest BCUT2D eigenvalue weighted by Gasteiger charge is -2.36. The zero-order chi connectivity index (χ0) is 18.7. The van der Waals surface area contributed by atoms with Crippen LogP contribution < -0.4 is 0 Å². The number of hydrogen-bond donors (Lipinski definition) is 0. The van der Waals surface area contributed by atoms with Crippen molar-refractivity contribution in [3.8, 4) is 0 Å². The minimum Gasteiger partial charge on any atom is -0.463 e. The Bertz CT molecular complexity index is 436. The summed E-state index contributed by atoms with van der Waals surface area (Å²) in [6.45, 7) is 18.4. The summed E-state index contributed by atoms with van der Waals surface area (Å²) in [6.07, 6.45) is 0.386. The molecule has 0 saturated heterocycles. The van der Waals surface area contributed by atoms with Crippen molar-refractivity contribution in [2.75, 3.05) is 13.2 Å². The predicted octanol–water partition coefficient (Wildman–Crippen LogP) is 4.71. The number of carbonyl (C=O) groups is 2. The lowest BCUT2D eigenvalue weighted by molar-refractivity contribution is -0.155. The van der Waals surface area contributed by atoms with E-state index in [0.29, 0.717) is 13.0 Å². The predicted molar refractivity (Wildman–Crippen MR) is 101 cm³/mol. The molecule has 0 aliphatic carbocycles. The first kappa shape index (κ1) is 22.8. The van der Waals surface area contributed by atoms with Crippen molar-refractivity contribution in [1.82, 2.24) is 0 Å². The highest BCUT2D eigenvalue weighted by Gasteiger charge is 2.40. The van der Waals surface area contributed by atoms with Gasteiger partial charge in [0.25, 0.3) is 0 Å². The highest BCUT2D eigenvalue weighted by molar-refractivity contribution is 9.10. The van der Waals surface area contributed by atoms with Gasteiger partial charge in [-0.2, -0.15) is 0 Å². The number of hydrogen-bond acceptors (Lipinski definition) is 4. The summed E-state index contributed by atoms with van der Waals surface area (Å²) >= 11 is 3.40. The van der Waals surface area contributed by atoms with Gasteiger partial charge in [0.2, 0.25) is 0 Å². The number of alkyl halides is 1. The minimum atomic E-state index is -1.82. The van der Waals surface area contributed by atoms with Gasteiger partial charge in [0.05, 0.1) is 16.3 Å². The molecule has 1 unspecified atom stereocenters. The molecular formula is C17H33BrO4Si. The average molecular weight is 409 g/mol. The first-order valence-electron chi connectivity index (χ1n) is 8.04. The van der Waals surface area contributed by atoms with Gasteiger partial charge in [-0.05, 0) is 52.2 Å². The van der Waals surface area contributed by atoms with Crippen LogP contribution in [0, 0.1) is 5.41 Å². The quantitative estimate of drug-likeness (QED) is 0.252. The molecule has 0 bridgehead atoms. The molecule has 0 aliphatic rings. The van der Waals surface area contributed by atoms with Crippen molar-refractivity contribution in [1.29, 1.82) is 0 Å². The lowest BCUT2D eigenvalue weighted by atomic mass is 9.82. The third kappa shape index (κ3) is 7.06. The van der Waals surface area contributed by atoms with Crippen molar-refractivity contribution in [2.24, 2.45) is 5.41 Å². The summed E-state index contributed by atoms with van der Waals surface area (Å²) in [7, 11) is -1.82. The number of carbonyl (C=O) groups excluding carboxylic acids is 2. The van der Waals surface area contributed by atoms with Gasteiger partial charge in [-0.15, -0.1) is 0 Å². The molecule has 136 valence electrons. The van der Waals surface area contributed by atoms with Gasteiger partial charge in [-0.25, -0.2) is 0 Å². The Kier molecular flexibility index (Phi) is 7.72. The third-order valence-electron chi connectivity index (χ3n) is 4.65.